The van der Waals surface area contributed by atoms with Crippen molar-refractivity contribution in [3.05, 3.63) is 23.3 Å². The first-order valence-corrected chi connectivity index (χ1v) is 16.5. The molecule has 1 heterocycles. The Morgan fingerprint density at radius 1 is 1.20 bits per heavy atom. The molecule has 2 amide bonds. The molecule has 0 N–H and O–H groups in total. The molecular formula is C26H48N2O5SSi. The molecule has 0 aliphatic carbocycles. The maximum atomic E-state index is 13.0. The molecule has 1 aliphatic rings. The van der Waals surface area contributed by atoms with Crippen LogP contribution in [0.2, 0.25) is 18.1 Å². The fourth-order valence-electron chi connectivity index (χ4n) is 4.15. The molecule has 0 radical (unpaired) electrons. The third-order valence-corrected chi connectivity index (χ3v) is 12.3. The summed E-state index contributed by atoms with van der Waals surface area (Å²) in [6, 6.07) is -0.230. The van der Waals surface area contributed by atoms with Gasteiger partial charge in [0.25, 0.3) is 0 Å². The van der Waals surface area contributed by atoms with E-state index in [0.717, 1.165) is 5.57 Å². The van der Waals surface area contributed by atoms with Crippen molar-refractivity contribution in [1.82, 2.24) is 9.80 Å². The standard InChI is InChI=1S/C26H48N2O5SSi/c1-17(2)21-15-27(24(29)31-10)22(16-32-35(12,13)26(7,8)9)20(21)14-23(34-11)33-25(30)28(18(3)4)19(5)6/h14,18-22H,1,15-16H2,2-13H3/b23-14+/t20-,21+,22+/m0/s1. The van der Waals surface area contributed by atoms with E-state index in [2.05, 4.69) is 40.4 Å². The normalized spacial score (nSPS) is 21.5. The van der Waals surface area contributed by atoms with E-state index in [9.17, 15) is 9.59 Å². The van der Waals surface area contributed by atoms with E-state index in [4.69, 9.17) is 13.9 Å². The fourth-order valence-corrected chi connectivity index (χ4v) is 5.62. The van der Waals surface area contributed by atoms with Crippen molar-refractivity contribution in [3.63, 3.8) is 0 Å². The van der Waals surface area contributed by atoms with Gasteiger partial charge in [0, 0.05) is 30.5 Å². The molecule has 9 heteroatoms. The Hall–Kier alpha value is -1.45. The number of hydrogen-bond acceptors (Lipinski definition) is 6. The summed E-state index contributed by atoms with van der Waals surface area (Å²) in [5.74, 6) is -0.132. The number of likely N-dealkylation sites (tertiary alicyclic amines) is 1. The zero-order chi connectivity index (χ0) is 27.3. The van der Waals surface area contributed by atoms with Crippen LogP contribution in [-0.4, -0.2) is 74.9 Å². The highest BCUT2D eigenvalue weighted by Crippen LogP contribution is 2.41. The van der Waals surface area contributed by atoms with Crippen molar-refractivity contribution < 1.29 is 23.5 Å². The molecule has 0 aromatic carbocycles. The Balaban J connectivity index is 3.39. The zero-order valence-corrected chi connectivity index (χ0v) is 25.7. The van der Waals surface area contributed by atoms with Gasteiger partial charge in [0.15, 0.2) is 13.4 Å². The minimum Gasteiger partial charge on any atom is -0.453 e. The molecule has 7 nitrogen and oxygen atoms in total. The van der Waals surface area contributed by atoms with Crippen molar-refractivity contribution in [2.75, 3.05) is 26.5 Å². The summed E-state index contributed by atoms with van der Waals surface area (Å²) in [5.41, 5.74) is 0.966. The monoisotopic (exact) mass is 528 g/mol. The Bertz CT molecular complexity index is 783. The van der Waals surface area contributed by atoms with Gasteiger partial charge in [0.2, 0.25) is 0 Å². The molecule has 0 aromatic rings. The van der Waals surface area contributed by atoms with Crippen LogP contribution in [0.15, 0.2) is 23.3 Å². The third-order valence-electron chi connectivity index (χ3n) is 7.21. The average Bonchev–Trinajstić information content (AvgIpc) is 3.08. The lowest BCUT2D eigenvalue weighted by atomic mass is 9.86. The van der Waals surface area contributed by atoms with Crippen LogP contribution in [0.5, 0.6) is 0 Å². The Morgan fingerprint density at radius 3 is 2.14 bits per heavy atom. The predicted molar refractivity (Wildman–Crippen MR) is 148 cm³/mol. The summed E-state index contributed by atoms with van der Waals surface area (Å²) in [4.78, 5) is 29.2. The van der Waals surface area contributed by atoms with Crippen LogP contribution in [0.1, 0.15) is 55.4 Å². The van der Waals surface area contributed by atoms with E-state index in [-0.39, 0.29) is 47.2 Å². The van der Waals surface area contributed by atoms with Gasteiger partial charge in [-0.1, -0.05) is 44.7 Å². The van der Waals surface area contributed by atoms with Gasteiger partial charge in [-0.05, 0) is 65.1 Å². The molecular weight excluding hydrogens is 480 g/mol. The van der Waals surface area contributed by atoms with Crippen LogP contribution in [0.3, 0.4) is 0 Å². The lowest BCUT2D eigenvalue weighted by Crippen LogP contribution is -2.47. The number of rotatable bonds is 9. The first-order valence-electron chi connectivity index (χ1n) is 12.4. The molecule has 1 rings (SSSR count). The van der Waals surface area contributed by atoms with Crippen LogP contribution < -0.4 is 0 Å². The van der Waals surface area contributed by atoms with E-state index in [0.29, 0.717) is 18.2 Å². The lowest BCUT2D eigenvalue weighted by Gasteiger charge is -2.38. The van der Waals surface area contributed by atoms with E-state index >= 15 is 0 Å². The number of carbonyl (C=O) groups excluding carboxylic acids is 2. The summed E-state index contributed by atoms with van der Waals surface area (Å²) < 4.78 is 17.5. The predicted octanol–water partition coefficient (Wildman–Crippen LogP) is 6.73. The number of nitrogens with zero attached hydrogens (tertiary/aromatic N) is 2. The van der Waals surface area contributed by atoms with Crippen molar-refractivity contribution in [2.45, 2.75) is 91.6 Å². The zero-order valence-electron chi connectivity index (χ0n) is 23.9. The summed E-state index contributed by atoms with van der Waals surface area (Å²) in [7, 11) is -0.662. The molecule has 35 heavy (non-hydrogen) atoms. The average molecular weight is 529 g/mol. The molecule has 1 fully saturated rings. The van der Waals surface area contributed by atoms with Crippen LogP contribution in [0, 0.1) is 11.8 Å². The van der Waals surface area contributed by atoms with Gasteiger partial charge >= 0.3 is 12.2 Å². The van der Waals surface area contributed by atoms with Gasteiger partial charge in [0.1, 0.15) is 0 Å². The summed E-state index contributed by atoms with van der Waals surface area (Å²) >= 11 is 1.38. The second-order valence-electron chi connectivity index (χ2n) is 11.4. The number of amides is 2. The molecule has 1 saturated heterocycles. The van der Waals surface area contributed by atoms with Crippen LogP contribution in [0.4, 0.5) is 9.59 Å². The molecule has 0 spiro atoms. The van der Waals surface area contributed by atoms with Gasteiger partial charge in [0.05, 0.1) is 19.8 Å². The van der Waals surface area contributed by atoms with E-state index < -0.39 is 8.32 Å². The number of methoxy groups -OCH3 is 1. The number of carbonyl (C=O) groups is 2. The SMILES string of the molecule is C=C(C)[C@H]1CN(C(=O)OC)[C@H](CO[Si](C)(C)C(C)(C)C)[C@H]1/C=C(\OC(=O)N(C(C)C)C(C)C)SC. The molecule has 0 saturated carbocycles. The molecule has 202 valence electrons. The summed E-state index contributed by atoms with van der Waals surface area (Å²) in [6.07, 6.45) is 3.10. The Kier molecular flexibility index (Phi) is 11.4. The van der Waals surface area contributed by atoms with Gasteiger partial charge < -0.3 is 23.7 Å². The topological polar surface area (TPSA) is 68.3 Å². The summed E-state index contributed by atoms with van der Waals surface area (Å²) in [5, 5.41) is 0.555. The molecule has 0 aromatic heterocycles. The smallest absolute Gasteiger partial charge is 0.416 e. The van der Waals surface area contributed by atoms with E-state index in [1.807, 2.05) is 47.0 Å². The number of ether oxygens (including phenoxy) is 2. The van der Waals surface area contributed by atoms with Crippen molar-refractivity contribution in [1.29, 1.82) is 0 Å². The van der Waals surface area contributed by atoms with E-state index in [1.54, 1.807) is 9.80 Å². The van der Waals surface area contributed by atoms with Crippen molar-refractivity contribution in [3.8, 4) is 0 Å². The van der Waals surface area contributed by atoms with Gasteiger partial charge in [-0.15, -0.1) is 0 Å². The van der Waals surface area contributed by atoms with Crippen LogP contribution in [0.25, 0.3) is 0 Å². The van der Waals surface area contributed by atoms with Crippen molar-refractivity contribution >= 4 is 32.3 Å². The maximum Gasteiger partial charge on any atom is 0.416 e. The second kappa shape index (κ2) is 12.7. The first-order chi connectivity index (χ1) is 16.0. The Morgan fingerprint density at radius 2 is 1.74 bits per heavy atom. The molecule has 0 bridgehead atoms. The minimum atomic E-state index is -2.06. The minimum absolute atomic E-state index is 0.00531. The number of thioether (sulfide) groups is 1. The van der Waals surface area contributed by atoms with Gasteiger partial charge in [-0.25, -0.2) is 9.59 Å². The van der Waals surface area contributed by atoms with Crippen molar-refractivity contribution in [2.24, 2.45) is 11.8 Å². The summed E-state index contributed by atoms with van der Waals surface area (Å²) in [6.45, 7) is 25.9. The Labute approximate surface area is 218 Å². The maximum absolute atomic E-state index is 13.0. The largest absolute Gasteiger partial charge is 0.453 e. The first kappa shape index (κ1) is 31.6. The quantitative estimate of drug-likeness (QED) is 0.188. The van der Waals surface area contributed by atoms with Crippen LogP contribution >= 0.6 is 11.8 Å². The molecule has 1 aliphatic heterocycles. The van der Waals surface area contributed by atoms with Gasteiger partial charge in [-0.3, -0.25) is 0 Å². The van der Waals surface area contributed by atoms with Crippen LogP contribution in [-0.2, 0) is 13.9 Å². The number of hydrogen-bond donors (Lipinski definition) is 0. The fraction of sp³-hybridized carbons (Fsp3) is 0.769. The van der Waals surface area contributed by atoms with E-state index in [1.165, 1.54) is 18.9 Å². The highest BCUT2D eigenvalue weighted by molar-refractivity contribution is 8.02. The highest BCUT2D eigenvalue weighted by Gasteiger charge is 2.46. The lowest BCUT2D eigenvalue weighted by molar-refractivity contribution is 0.0963. The highest BCUT2D eigenvalue weighted by atomic mass is 32.2. The van der Waals surface area contributed by atoms with Gasteiger partial charge in [-0.2, -0.15) is 0 Å². The molecule has 3 atom stereocenters. The third kappa shape index (κ3) is 8.02. The molecule has 0 unspecified atom stereocenters. The second-order valence-corrected chi connectivity index (χ2v) is 17.1.